The second-order valence-corrected chi connectivity index (χ2v) is 11.9. The summed E-state index contributed by atoms with van der Waals surface area (Å²) in [6, 6.07) is 31.0. The van der Waals surface area contributed by atoms with Crippen LogP contribution in [0.3, 0.4) is 0 Å². The number of likely N-dealkylation sites (N-methyl/N-ethyl adjacent to an activating group) is 1. The topological polar surface area (TPSA) is 206 Å². The maximum absolute atomic E-state index is 7.00. The van der Waals surface area contributed by atoms with Crippen molar-refractivity contribution in [2.75, 3.05) is 65.8 Å². The Morgan fingerprint density at radius 2 is 0.870 bits per heavy atom. The van der Waals surface area contributed by atoms with Crippen LogP contribution in [0.2, 0.25) is 0 Å². The van der Waals surface area contributed by atoms with Crippen molar-refractivity contribution < 1.29 is 14.6 Å². The predicted molar refractivity (Wildman–Crippen MR) is 231 cm³/mol. The number of hydrogen-bond acceptors (Lipinski definition) is 12. The van der Waals surface area contributed by atoms with Crippen LogP contribution >= 0.6 is 0 Å². The molecular weight excluding hydrogens is 679 g/mol. The first-order valence-corrected chi connectivity index (χ1v) is 17.8. The number of fused-ring (bicyclic) bond motifs is 3. The molecule has 3 aromatic heterocycles. The number of rotatable bonds is 7. The molecule has 6 rings (SSSR count). The van der Waals surface area contributed by atoms with Crippen LogP contribution in [-0.4, -0.2) is 86.8 Å². The van der Waals surface area contributed by atoms with Gasteiger partial charge >= 0.3 is 0 Å². The van der Waals surface area contributed by atoms with Gasteiger partial charge in [0.25, 0.3) is 0 Å². The monoisotopic (exact) mass is 744 g/mol. The molecule has 12 heteroatoms. The lowest BCUT2D eigenvalue weighted by Crippen LogP contribution is -2.25. The second-order valence-electron chi connectivity index (χ2n) is 11.9. The largest absolute Gasteiger partial charge is 0.400 e. The maximum Gasteiger partial charge on any atom is 0.131 e. The zero-order valence-electron chi connectivity index (χ0n) is 33.7. The van der Waals surface area contributed by atoms with Gasteiger partial charge in [-0.2, -0.15) is 0 Å². The molecule has 6 aromatic rings. The third kappa shape index (κ3) is 20.3. The average Bonchev–Trinajstić information content (AvgIpc) is 3.20. The molecule has 12 nitrogen and oxygen atoms in total. The predicted octanol–water partition coefficient (Wildman–Crippen LogP) is 6.28. The standard InChI is InChI=1S/3C9H8N2.C5H13NO.C5H13N.C4H11NO.CH4O/c3*10-9-8-4-2-1-3-7(8)5-6-11-9;1-5(6-2)4-7-3;1-4-5(2)6-3;1-4(5)3-6-2;1-2/h3*1-6H,(H2,10,11);5-6H,4H2,1-3H3;5-6H,4H2,1-3H3;4H,3,5H2,1-2H3;2H,1H3. The second kappa shape index (κ2) is 30.5. The number of hydrogen-bond donors (Lipinski definition) is 7. The molecule has 0 saturated carbocycles. The molecule has 3 atom stereocenters. The summed E-state index contributed by atoms with van der Waals surface area (Å²) in [6.07, 6.45) is 6.38. The Hall–Kier alpha value is -4.95. The van der Waals surface area contributed by atoms with Gasteiger partial charge in [0.1, 0.15) is 17.5 Å². The van der Waals surface area contributed by atoms with Crippen molar-refractivity contribution >= 4 is 49.8 Å². The molecule has 54 heavy (non-hydrogen) atoms. The van der Waals surface area contributed by atoms with Crippen LogP contribution in [0.4, 0.5) is 17.5 Å². The van der Waals surface area contributed by atoms with Gasteiger partial charge in [-0.3, -0.25) is 0 Å². The highest BCUT2D eigenvalue weighted by atomic mass is 16.5. The van der Waals surface area contributed by atoms with E-state index in [9.17, 15) is 0 Å². The minimum Gasteiger partial charge on any atom is -0.400 e. The molecule has 0 aliphatic heterocycles. The van der Waals surface area contributed by atoms with E-state index in [0.717, 1.165) is 46.0 Å². The summed E-state index contributed by atoms with van der Waals surface area (Å²) in [7, 11) is 8.25. The Kier molecular flexibility index (Phi) is 27.7. The van der Waals surface area contributed by atoms with E-state index in [1.165, 1.54) is 6.42 Å². The number of nitrogen functional groups attached to an aromatic ring is 3. The number of anilines is 3. The number of aliphatic hydroxyl groups is 1. The van der Waals surface area contributed by atoms with Gasteiger partial charge in [0.15, 0.2) is 0 Å². The van der Waals surface area contributed by atoms with Crippen LogP contribution in [0.1, 0.15) is 34.1 Å². The summed E-state index contributed by atoms with van der Waals surface area (Å²) in [4.78, 5) is 12.0. The SMILES string of the molecule is CCC(C)NC.CNC(C)COC.CO.COCC(C)N.Nc1nccc2ccccc12.Nc1nccc2ccccc12.Nc1nccc2ccccc12. The molecule has 3 aromatic carbocycles. The highest BCUT2D eigenvalue weighted by Gasteiger charge is 1.96. The van der Waals surface area contributed by atoms with Crippen molar-refractivity contribution in [1.82, 2.24) is 25.6 Å². The van der Waals surface area contributed by atoms with E-state index in [-0.39, 0.29) is 6.04 Å². The number of nitrogens with zero attached hydrogens (tertiary/aromatic N) is 3. The molecule has 0 aliphatic rings. The van der Waals surface area contributed by atoms with Crippen molar-refractivity contribution in [3.63, 3.8) is 0 Å². The fourth-order valence-corrected chi connectivity index (χ4v) is 4.23. The zero-order chi connectivity index (χ0) is 40.7. The zero-order valence-corrected chi connectivity index (χ0v) is 33.7. The molecule has 0 spiro atoms. The molecule has 0 aliphatic carbocycles. The first-order chi connectivity index (χ1) is 26.0. The fourth-order valence-electron chi connectivity index (χ4n) is 4.23. The van der Waals surface area contributed by atoms with E-state index >= 15 is 0 Å². The first-order valence-electron chi connectivity index (χ1n) is 17.8. The van der Waals surface area contributed by atoms with E-state index in [2.05, 4.69) is 51.1 Å². The molecule has 0 saturated heterocycles. The molecular formula is C42H65N9O3. The van der Waals surface area contributed by atoms with Gasteiger partial charge in [-0.15, -0.1) is 0 Å². The lowest BCUT2D eigenvalue weighted by atomic mass is 10.2. The minimum atomic E-state index is 0.176. The lowest BCUT2D eigenvalue weighted by molar-refractivity contribution is 0.175. The van der Waals surface area contributed by atoms with Crippen LogP contribution in [0, 0.1) is 0 Å². The van der Waals surface area contributed by atoms with Crippen molar-refractivity contribution in [1.29, 1.82) is 0 Å². The Morgan fingerprint density at radius 3 is 1.06 bits per heavy atom. The van der Waals surface area contributed by atoms with E-state index in [1.807, 2.05) is 112 Å². The van der Waals surface area contributed by atoms with Crippen LogP contribution in [0.25, 0.3) is 32.3 Å². The van der Waals surface area contributed by atoms with Crippen LogP contribution in [-0.2, 0) is 9.47 Å². The highest BCUT2D eigenvalue weighted by Crippen LogP contribution is 2.18. The van der Waals surface area contributed by atoms with Crippen molar-refractivity contribution in [3.8, 4) is 0 Å². The molecule has 11 N–H and O–H groups in total. The van der Waals surface area contributed by atoms with Crippen molar-refractivity contribution in [2.24, 2.45) is 5.73 Å². The van der Waals surface area contributed by atoms with E-state index in [0.29, 0.717) is 36.1 Å². The number of ether oxygens (including phenoxy) is 2. The quantitative estimate of drug-likeness (QED) is 0.0965. The van der Waals surface area contributed by atoms with Gasteiger partial charge in [0.05, 0.1) is 13.2 Å². The Balaban J connectivity index is 0.000000632. The number of pyridine rings is 3. The van der Waals surface area contributed by atoms with Gasteiger partial charge in [-0.05, 0) is 75.6 Å². The van der Waals surface area contributed by atoms with Crippen molar-refractivity contribution in [3.05, 3.63) is 110 Å². The summed E-state index contributed by atoms with van der Waals surface area (Å²) in [5.41, 5.74) is 22.2. The first kappa shape index (κ1) is 49.1. The van der Waals surface area contributed by atoms with E-state index < -0.39 is 0 Å². The normalized spacial score (nSPS) is 11.4. The number of nitrogens with two attached hydrogens (primary N) is 4. The van der Waals surface area contributed by atoms with Gasteiger partial charge in [0.2, 0.25) is 0 Å². The molecule has 0 fully saturated rings. The summed E-state index contributed by atoms with van der Waals surface area (Å²) in [5, 5.41) is 19.6. The summed E-state index contributed by atoms with van der Waals surface area (Å²) in [5.74, 6) is 1.80. The summed E-state index contributed by atoms with van der Waals surface area (Å²) in [6.45, 7) is 9.75. The van der Waals surface area contributed by atoms with Gasteiger partial charge in [-0.25, -0.2) is 15.0 Å². The molecule has 0 amide bonds. The smallest absolute Gasteiger partial charge is 0.131 e. The lowest BCUT2D eigenvalue weighted by Gasteiger charge is -2.05. The third-order valence-electron chi connectivity index (χ3n) is 7.56. The number of methoxy groups -OCH3 is 2. The molecule has 3 unspecified atom stereocenters. The molecule has 296 valence electrons. The number of aliphatic hydroxyl groups excluding tert-OH is 1. The number of nitrogens with one attached hydrogen (secondary N) is 2. The average molecular weight is 744 g/mol. The third-order valence-corrected chi connectivity index (χ3v) is 7.56. The Bertz CT molecular complexity index is 1600. The van der Waals surface area contributed by atoms with Gasteiger partial charge < -0.3 is 48.1 Å². The van der Waals surface area contributed by atoms with Gasteiger partial charge in [-0.1, -0.05) is 79.7 Å². The van der Waals surface area contributed by atoms with Crippen LogP contribution in [0.15, 0.2) is 110 Å². The molecule has 0 bridgehead atoms. The van der Waals surface area contributed by atoms with E-state index in [4.69, 9.17) is 32.8 Å². The molecule has 3 heterocycles. The number of aromatic nitrogens is 3. The van der Waals surface area contributed by atoms with Crippen LogP contribution in [0.5, 0.6) is 0 Å². The molecule has 0 radical (unpaired) electrons. The van der Waals surface area contributed by atoms with Crippen molar-refractivity contribution in [2.45, 2.75) is 52.2 Å². The number of benzene rings is 3. The van der Waals surface area contributed by atoms with Crippen LogP contribution < -0.4 is 33.6 Å². The Morgan fingerprint density at radius 1 is 0.556 bits per heavy atom. The minimum absolute atomic E-state index is 0.176. The van der Waals surface area contributed by atoms with E-state index in [1.54, 1.807) is 32.8 Å². The summed E-state index contributed by atoms with van der Waals surface area (Å²) < 4.78 is 9.51. The fraction of sp³-hybridized carbons (Fsp3) is 0.357. The Labute approximate surface area is 322 Å². The maximum atomic E-state index is 7.00. The highest BCUT2D eigenvalue weighted by molar-refractivity contribution is 5.91. The summed E-state index contributed by atoms with van der Waals surface area (Å²) >= 11 is 0. The van der Waals surface area contributed by atoms with Gasteiger partial charge in [0, 0.05) is 74.2 Å².